The Morgan fingerprint density at radius 1 is 1.40 bits per heavy atom. The monoisotopic (exact) mass is 349 g/mol. The summed E-state index contributed by atoms with van der Waals surface area (Å²) in [6.45, 7) is 0.622. The van der Waals surface area contributed by atoms with E-state index in [1.165, 1.54) is 0 Å². The van der Waals surface area contributed by atoms with Crippen LogP contribution in [0.15, 0.2) is 41.0 Å². The third-order valence-corrected chi connectivity index (χ3v) is 3.85. The zero-order valence-electron chi connectivity index (χ0n) is 10.8. The van der Waals surface area contributed by atoms with Gasteiger partial charge in [-0.1, -0.05) is 18.2 Å². The minimum absolute atomic E-state index is 0.622. The molecule has 0 aliphatic rings. The highest BCUT2D eigenvalue weighted by Crippen LogP contribution is 2.22. The van der Waals surface area contributed by atoms with Crippen molar-refractivity contribution in [2.45, 2.75) is 6.54 Å². The number of hydrogen-bond donors (Lipinski definition) is 1. The van der Waals surface area contributed by atoms with Gasteiger partial charge in [-0.05, 0) is 40.3 Å². The van der Waals surface area contributed by atoms with Crippen molar-refractivity contribution in [1.82, 2.24) is 14.5 Å². The number of aromatic nitrogens is 3. The Morgan fingerprint density at radius 2 is 2.20 bits per heavy atom. The van der Waals surface area contributed by atoms with Gasteiger partial charge >= 0.3 is 0 Å². The van der Waals surface area contributed by atoms with Crippen LogP contribution in [-0.2, 0) is 6.54 Å². The highest BCUT2D eigenvalue weighted by atomic mass is 79.9. The van der Waals surface area contributed by atoms with Gasteiger partial charge in [0.15, 0.2) is 10.4 Å². The minimum atomic E-state index is 0.622. The average molecular weight is 350 g/mol. The van der Waals surface area contributed by atoms with Gasteiger partial charge in [-0.15, -0.1) is 0 Å². The van der Waals surface area contributed by atoms with E-state index in [1.807, 2.05) is 34.9 Å². The predicted octanol–water partition coefficient (Wildman–Crippen LogP) is 3.91. The molecule has 102 valence electrons. The number of nitrogens with one attached hydrogen (secondary N) is 1. The molecule has 2 aromatic heterocycles. The first-order chi connectivity index (χ1) is 9.69. The van der Waals surface area contributed by atoms with E-state index in [4.69, 9.17) is 17.0 Å². The first-order valence-electron chi connectivity index (χ1n) is 6.05. The van der Waals surface area contributed by atoms with Crippen LogP contribution in [-0.4, -0.2) is 21.6 Å². The summed E-state index contributed by atoms with van der Waals surface area (Å²) in [7, 11) is 1.67. The zero-order valence-corrected chi connectivity index (χ0v) is 13.2. The molecule has 1 N–H and O–H groups in total. The molecule has 0 bridgehead atoms. The fraction of sp³-hybridized carbons (Fsp3) is 0.143. The Bertz CT molecular complexity index is 825. The van der Waals surface area contributed by atoms with Crippen LogP contribution >= 0.6 is 28.1 Å². The highest BCUT2D eigenvalue weighted by molar-refractivity contribution is 9.10. The van der Waals surface area contributed by atoms with Gasteiger partial charge < -0.3 is 9.72 Å². The summed E-state index contributed by atoms with van der Waals surface area (Å²) in [6.07, 6.45) is 1.77. The van der Waals surface area contributed by atoms with Gasteiger partial charge in [-0.3, -0.25) is 4.57 Å². The number of para-hydroxylation sites is 1. The molecule has 20 heavy (non-hydrogen) atoms. The maximum absolute atomic E-state index is 5.39. The van der Waals surface area contributed by atoms with Crippen molar-refractivity contribution < 1.29 is 4.74 Å². The van der Waals surface area contributed by atoms with E-state index < -0.39 is 0 Å². The first-order valence-corrected chi connectivity index (χ1v) is 7.25. The van der Waals surface area contributed by atoms with Gasteiger partial charge in [0.1, 0.15) is 5.75 Å². The lowest BCUT2D eigenvalue weighted by molar-refractivity contribution is 0.408. The van der Waals surface area contributed by atoms with E-state index in [0.29, 0.717) is 11.3 Å². The molecule has 0 unspecified atom stereocenters. The maximum atomic E-state index is 5.39. The number of nitrogens with zero attached hydrogens (tertiary/aromatic N) is 2. The van der Waals surface area contributed by atoms with Gasteiger partial charge in [0, 0.05) is 16.2 Å². The summed E-state index contributed by atoms with van der Waals surface area (Å²) in [5, 5.41) is 0. The Morgan fingerprint density at radius 3 is 3.00 bits per heavy atom. The van der Waals surface area contributed by atoms with E-state index >= 15 is 0 Å². The lowest BCUT2D eigenvalue weighted by Crippen LogP contribution is -2.02. The summed E-state index contributed by atoms with van der Waals surface area (Å²) in [6, 6.07) is 9.87. The Labute approximate surface area is 129 Å². The number of imidazole rings is 1. The average Bonchev–Trinajstić information content (AvgIpc) is 2.75. The van der Waals surface area contributed by atoms with Gasteiger partial charge in [0.2, 0.25) is 0 Å². The molecule has 0 radical (unpaired) electrons. The quantitative estimate of drug-likeness (QED) is 0.729. The number of benzene rings is 1. The van der Waals surface area contributed by atoms with Crippen LogP contribution in [0.1, 0.15) is 5.56 Å². The summed E-state index contributed by atoms with van der Waals surface area (Å²) in [4.78, 5) is 7.60. The van der Waals surface area contributed by atoms with E-state index in [0.717, 1.165) is 26.9 Å². The lowest BCUT2D eigenvalue weighted by atomic mass is 10.2. The van der Waals surface area contributed by atoms with Crippen LogP contribution in [0.25, 0.3) is 11.2 Å². The van der Waals surface area contributed by atoms with Crippen molar-refractivity contribution in [1.29, 1.82) is 0 Å². The maximum Gasteiger partial charge on any atom is 0.179 e. The molecule has 0 amide bonds. The highest BCUT2D eigenvalue weighted by Gasteiger charge is 2.09. The number of pyridine rings is 1. The van der Waals surface area contributed by atoms with E-state index in [1.54, 1.807) is 13.3 Å². The molecule has 0 saturated heterocycles. The molecule has 3 rings (SSSR count). The number of aromatic amines is 1. The Balaban J connectivity index is 2.11. The Hall–Kier alpha value is -1.66. The number of H-pyrrole nitrogens is 1. The van der Waals surface area contributed by atoms with Crippen LogP contribution in [0.3, 0.4) is 0 Å². The van der Waals surface area contributed by atoms with Crippen molar-refractivity contribution in [3.8, 4) is 5.75 Å². The largest absolute Gasteiger partial charge is 0.496 e. The van der Waals surface area contributed by atoms with Crippen molar-refractivity contribution in [3.63, 3.8) is 0 Å². The van der Waals surface area contributed by atoms with E-state index in [2.05, 4.69) is 25.9 Å². The SMILES string of the molecule is COc1ccccc1Cn1c(=S)[nH]c2cc(Br)cnc21. The smallest absolute Gasteiger partial charge is 0.179 e. The molecular weight excluding hydrogens is 338 g/mol. The van der Waals surface area contributed by atoms with Crippen LogP contribution in [0.5, 0.6) is 5.75 Å². The molecule has 3 aromatic rings. The number of methoxy groups -OCH3 is 1. The second-order valence-corrected chi connectivity index (χ2v) is 5.66. The van der Waals surface area contributed by atoms with Crippen molar-refractivity contribution in [2.24, 2.45) is 0 Å². The van der Waals surface area contributed by atoms with Gasteiger partial charge in [0.25, 0.3) is 0 Å². The van der Waals surface area contributed by atoms with Gasteiger partial charge in [0.05, 0.1) is 19.2 Å². The number of fused-ring (bicyclic) bond motifs is 1. The molecule has 0 saturated carbocycles. The predicted molar refractivity (Wildman–Crippen MR) is 84.7 cm³/mol. The number of ether oxygens (including phenoxy) is 1. The van der Waals surface area contributed by atoms with Crippen LogP contribution < -0.4 is 4.74 Å². The molecule has 6 heteroatoms. The summed E-state index contributed by atoms with van der Waals surface area (Å²) < 4.78 is 8.92. The topological polar surface area (TPSA) is 42.8 Å². The van der Waals surface area contributed by atoms with Crippen LogP contribution in [0, 0.1) is 4.77 Å². The van der Waals surface area contributed by atoms with Gasteiger partial charge in [-0.25, -0.2) is 4.98 Å². The summed E-state index contributed by atoms with van der Waals surface area (Å²) in [5.74, 6) is 0.848. The molecule has 0 aliphatic carbocycles. The molecule has 0 atom stereocenters. The second kappa shape index (κ2) is 5.38. The fourth-order valence-corrected chi connectivity index (χ4v) is 2.76. The van der Waals surface area contributed by atoms with Crippen molar-refractivity contribution in [2.75, 3.05) is 7.11 Å². The number of halogens is 1. The molecule has 0 fully saturated rings. The standard InChI is InChI=1S/C14H12BrN3OS/c1-19-12-5-3-2-4-9(12)8-18-13-11(17-14(18)20)6-10(15)7-16-13/h2-7H,8H2,1H3,(H,17,20). The van der Waals surface area contributed by atoms with Gasteiger partial charge in [-0.2, -0.15) is 0 Å². The van der Waals surface area contributed by atoms with E-state index in [-0.39, 0.29) is 0 Å². The van der Waals surface area contributed by atoms with E-state index in [9.17, 15) is 0 Å². The van der Waals surface area contributed by atoms with Crippen LogP contribution in [0.4, 0.5) is 0 Å². The summed E-state index contributed by atoms with van der Waals surface area (Å²) >= 11 is 8.80. The molecular formula is C14H12BrN3OS. The first kappa shape index (κ1) is 13.3. The molecule has 0 spiro atoms. The number of hydrogen-bond acceptors (Lipinski definition) is 3. The van der Waals surface area contributed by atoms with Crippen molar-refractivity contribution >= 4 is 39.3 Å². The normalized spacial score (nSPS) is 10.9. The lowest BCUT2D eigenvalue weighted by Gasteiger charge is -2.09. The minimum Gasteiger partial charge on any atom is -0.496 e. The van der Waals surface area contributed by atoms with Crippen LogP contribution in [0.2, 0.25) is 0 Å². The third kappa shape index (κ3) is 2.36. The fourth-order valence-electron chi connectivity index (χ4n) is 2.17. The second-order valence-electron chi connectivity index (χ2n) is 4.35. The molecule has 1 aromatic carbocycles. The van der Waals surface area contributed by atoms with Crippen molar-refractivity contribution in [3.05, 3.63) is 51.3 Å². The number of rotatable bonds is 3. The zero-order chi connectivity index (χ0) is 14.1. The third-order valence-electron chi connectivity index (χ3n) is 3.10. The summed E-state index contributed by atoms with van der Waals surface area (Å²) in [5.41, 5.74) is 2.82. The molecule has 0 aliphatic heterocycles. The molecule has 2 heterocycles. The molecule has 4 nitrogen and oxygen atoms in total. The Kier molecular flexibility index (Phi) is 3.58.